The van der Waals surface area contributed by atoms with Gasteiger partial charge in [0.2, 0.25) is 5.91 Å². The first-order valence-electron chi connectivity index (χ1n) is 7.87. The molecule has 2 N–H and O–H groups in total. The third-order valence-corrected chi connectivity index (χ3v) is 4.56. The number of rotatable bonds is 4. The number of piperidine rings is 1. The second-order valence-electron chi connectivity index (χ2n) is 6.24. The molecule has 116 valence electrons. The fourth-order valence-electron chi connectivity index (χ4n) is 3.60. The summed E-state index contributed by atoms with van der Waals surface area (Å²) < 4.78 is 5.64. The second kappa shape index (κ2) is 6.87. The van der Waals surface area contributed by atoms with Crippen molar-refractivity contribution in [3.63, 3.8) is 0 Å². The molecule has 5 heteroatoms. The van der Waals surface area contributed by atoms with Crippen LogP contribution in [0.4, 0.5) is 0 Å². The van der Waals surface area contributed by atoms with Crippen LogP contribution in [0.3, 0.4) is 0 Å². The number of nitrogens with one attached hydrogen (secondary N) is 1. The minimum absolute atomic E-state index is 0.00485. The zero-order valence-electron chi connectivity index (χ0n) is 12.7. The number of ether oxygens (including phenoxy) is 1. The van der Waals surface area contributed by atoms with Crippen LogP contribution in [0, 0.1) is 5.41 Å². The van der Waals surface area contributed by atoms with Crippen LogP contribution >= 0.6 is 0 Å². The summed E-state index contributed by atoms with van der Waals surface area (Å²) in [6, 6.07) is 0. The predicted octanol–water partition coefficient (Wildman–Crippen LogP) is 0.764. The maximum Gasteiger partial charge on any atom is 0.229 e. The summed E-state index contributed by atoms with van der Waals surface area (Å²) in [6.07, 6.45) is 3.62. The molecule has 0 radical (unpaired) electrons. The van der Waals surface area contributed by atoms with Gasteiger partial charge in [-0.2, -0.15) is 0 Å². The van der Waals surface area contributed by atoms with Gasteiger partial charge in [0, 0.05) is 13.1 Å². The van der Waals surface area contributed by atoms with Gasteiger partial charge in [0.1, 0.15) is 0 Å². The molecule has 0 aromatic rings. The quantitative estimate of drug-likeness (QED) is 0.800. The molecule has 0 spiro atoms. The predicted molar refractivity (Wildman–Crippen MR) is 77.4 cm³/mol. The van der Waals surface area contributed by atoms with Gasteiger partial charge in [-0.25, -0.2) is 0 Å². The smallest absolute Gasteiger partial charge is 0.229 e. The number of carbonyl (C=O) groups is 1. The van der Waals surface area contributed by atoms with Gasteiger partial charge in [-0.3, -0.25) is 4.79 Å². The minimum Gasteiger partial charge on any atom is -0.394 e. The lowest BCUT2D eigenvalue weighted by Gasteiger charge is -2.44. The highest BCUT2D eigenvalue weighted by molar-refractivity contribution is 5.83. The van der Waals surface area contributed by atoms with Gasteiger partial charge < -0.3 is 20.1 Å². The van der Waals surface area contributed by atoms with E-state index in [0.29, 0.717) is 13.1 Å². The molecule has 0 saturated carbocycles. The van der Waals surface area contributed by atoms with Gasteiger partial charge in [-0.05, 0) is 39.3 Å². The zero-order chi connectivity index (χ0) is 14.6. The number of hydrogen-bond acceptors (Lipinski definition) is 4. The number of carbonyl (C=O) groups excluding carboxylic acids is 1. The lowest BCUT2D eigenvalue weighted by molar-refractivity contribution is -0.159. The normalized spacial score (nSPS) is 30.2. The molecule has 5 nitrogen and oxygen atoms in total. The monoisotopic (exact) mass is 284 g/mol. The molecular formula is C15H28N2O3. The van der Waals surface area contributed by atoms with Crippen LogP contribution in [0.2, 0.25) is 0 Å². The summed E-state index contributed by atoms with van der Waals surface area (Å²) in [5.74, 6) is 0.273. The van der Waals surface area contributed by atoms with Crippen molar-refractivity contribution in [3.05, 3.63) is 0 Å². The molecule has 0 bridgehead atoms. The number of amides is 1. The van der Waals surface area contributed by atoms with Crippen molar-refractivity contribution in [3.8, 4) is 0 Å². The highest BCUT2D eigenvalue weighted by atomic mass is 16.5. The first kappa shape index (κ1) is 15.7. The lowest BCUT2D eigenvalue weighted by atomic mass is 9.74. The van der Waals surface area contributed by atoms with Crippen molar-refractivity contribution in [2.45, 2.75) is 51.7 Å². The van der Waals surface area contributed by atoms with Crippen molar-refractivity contribution < 1.29 is 14.6 Å². The first-order chi connectivity index (χ1) is 9.61. The van der Waals surface area contributed by atoms with Crippen LogP contribution in [0.1, 0.15) is 39.5 Å². The summed E-state index contributed by atoms with van der Waals surface area (Å²) in [7, 11) is 0. The highest BCUT2D eigenvalue weighted by Gasteiger charge is 2.43. The first-order valence-corrected chi connectivity index (χ1v) is 7.87. The fourth-order valence-corrected chi connectivity index (χ4v) is 3.60. The van der Waals surface area contributed by atoms with Crippen LogP contribution in [0.5, 0.6) is 0 Å². The van der Waals surface area contributed by atoms with Gasteiger partial charge in [0.05, 0.1) is 24.2 Å². The number of morpholine rings is 1. The number of hydrogen-bond donors (Lipinski definition) is 2. The average Bonchev–Trinajstić information content (AvgIpc) is 2.47. The Labute approximate surface area is 121 Å². The Morgan fingerprint density at radius 2 is 2.10 bits per heavy atom. The van der Waals surface area contributed by atoms with Gasteiger partial charge in [0.25, 0.3) is 0 Å². The van der Waals surface area contributed by atoms with E-state index in [-0.39, 0.29) is 30.1 Å². The molecule has 2 fully saturated rings. The summed E-state index contributed by atoms with van der Waals surface area (Å²) in [6.45, 7) is 7.12. The number of nitrogens with zero attached hydrogens (tertiary/aromatic N) is 1. The molecule has 2 saturated heterocycles. The Bertz CT molecular complexity index is 324. The van der Waals surface area contributed by atoms with E-state index in [2.05, 4.69) is 12.2 Å². The van der Waals surface area contributed by atoms with Crippen LogP contribution in [0.15, 0.2) is 0 Å². The molecule has 2 rings (SSSR count). The third-order valence-electron chi connectivity index (χ3n) is 4.56. The maximum atomic E-state index is 13.0. The topological polar surface area (TPSA) is 61.8 Å². The summed E-state index contributed by atoms with van der Waals surface area (Å²) in [5, 5.41) is 12.7. The molecular weight excluding hydrogens is 256 g/mol. The van der Waals surface area contributed by atoms with E-state index in [1.165, 1.54) is 0 Å². The standard InChI is InChI=1S/C15H28N2O3/c1-3-4-15(5-7-16-8-6-15)14(19)17-9-12(2)20-13(10-17)11-18/h12-13,16,18H,3-11H2,1-2H3. The fraction of sp³-hybridized carbons (Fsp3) is 0.933. The average molecular weight is 284 g/mol. The number of aliphatic hydroxyl groups excluding tert-OH is 1. The van der Waals surface area contributed by atoms with Crippen LogP contribution in [0.25, 0.3) is 0 Å². The van der Waals surface area contributed by atoms with E-state index < -0.39 is 0 Å². The van der Waals surface area contributed by atoms with Crippen LogP contribution in [-0.2, 0) is 9.53 Å². The Balaban J connectivity index is 2.10. The van der Waals surface area contributed by atoms with Gasteiger partial charge >= 0.3 is 0 Å². The van der Waals surface area contributed by atoms with E-state index in [0.717, 1.165) is 38.8 Å². The third kappa shape index (κ3) is 3.32. The largest absolute Gasteiger partial charge is 0.394 e. The van der Waals surface area contributed by atoms with Crippen molar-refractivity contribution in [1.29, 1.82) is 0 Å². The minimum atomic E-state index is -0.233. The van der Waals surface area contributed by atoms with E-state index in [1.807, 2.05) is 11.8 Å². The van der Waals surface area contributed by atoms with Crippen LogP contribution < -0.4 is 5.32 Å². The molecule has 20 heavy (non-hydrogen) atoms. The maximum absolute atomic E-state index is 13.0. The van der Waals surface area contributed by atoms with E-state index >= 15 is 0 Å². The molecule has 2 heterocycles. The lowest BCUT2D eigenvalue weighted by Crippen LogP contribution is -2.56. The molecule has 2 unspecified atom stereocenters. The van der Waals surface area contributed by atoms with Gasteiger partial charge in [-0.1, -0.05) is 13.3 Å². The summed E-state index contributed by atoms with van der Waals surface area (Å²) in [5.41, 5.74) is -0.197. The van der Waals surface area contributed by atoms with Crippen molar-refractivity contribution in [1.82, 2.24) is 10.2 Å². The van der Waals surface area contributed by atoms with E-state index in [4.69, 9.17) is 4.74 Å². The van der Waals surface area contributed by atoms with Gasteiger partial charge in [0.15, 0.2) is 0 Å². The molecule has 2 aliphatic rings. The number of aliphatic hydroxyl groups is 1. The molecule has 0 aliphatic carbocycles. The van der Waals surface area contributed by atoms with Crippen molar-refractivity contribution in [2.75, 3.05) is 32.8 Å². The van der Waals surface area contributed by atoms with E-state index in [9.17, 15) is 9.90 Å². The van der Waals surface area contributed by atoms with Crippen molar-refractivity contribution >= 4 is 5.91 Å². The summed E-state index contributed by atoms with van der Waals surface area (Å²) in [4.78, 5) is 15.0. The highest BCUT2D eigenvalue weighted by Crippen LogP contribution is 2.36. The zero-order valence-corrected chi connectivity index (χ0v) is 12.7. The molecule has 0 aromatic heterocycles. The SMILES string of the molecule is CCCC1(C(=O)N2CC(C)OC(CO)C2)CCNCC1. The second-order valence-corrected chi connectivity index (χ2v) is 6.24. The Kier molecular flexibility index (Phi) is 5.41. The van der Waals surface area contributed by atoms with Gasteiger partial charge in [-0.15, -0.1) is 0 Å². The Morgan fingerprint density at radius 3 is 2.70 bits per heavy atom. The molecule has 1 amide bonds. The summed E-state index contributed by atoms with van der Waals surface area (Å²) >= 11 is 0. The Hall–Kier alpha value is -0.650. The van der Waals surface area contributed by atoms with Crippen LogP contribution in [-0.4, -0.2) is 60.9 Å². The van der Waals surface area contributed by atoms with Crippen molar-refractivity contribution in [2.24, 2.45) is 5.41 Å². The molecule has 0 aromatic carbocycles. The van der Waals surface area contributed by atoms with E-state index in [1.54, 1.807) is 0 Å². The molecule has 2 aliphatic heterocycles. The molecule has 2 atom stereocenters. The Morgan fingerprint density at radius 1 is 1.40 bits per heavy atom.